The molecule has 0 radical (unpaired) electrons. The minimum atomic E-state index is -1.64. The van der Waals surface area contributed by atoms with Crippen LogP contribution in [0.1, 0.15) is 5.82 Å². The standard InChI is InChI=1S/C8H12FN3O3/c1-5-10-7(14)12(3-6(9)4-13)8(15)11(5)2/h6,13H,3-4H2,1-2H3/t6-/m1/s1. The molecule has 0 aliphatic carbocycles. The number of nitrogens with zero attached hydrogens (tertiary/aromatic N) is 3. The number of aliphatic hydroxyl groups excluding tert-OH is 1. The van der Waals surface area contributed by atoms with Crippen molar-refractivity contribution < 1.29 is 9.50 Å². The number of aryl methyl sites for hydroxylation is 1. The van der Waals surface area contributed by atoms with Gasteiger partial charge >= 0.3 is 11.4 Å². The van der Waals surface area contributed by atoms with Gasteiger partial charge in [0.25, 0.3) is 0 Å². The van der Waals surface area contributed by atoms with E-state index in [2.05, 4.69) is 4.98 Å². The highest BCUT2D eigenvalue weighted by Crippen LogP contribution is 1.90. The fourth-order valence-electron chi connectivity index (χ4n) is 1.09. The first-order valence-electron chi connectivity index (χ1n) is 4.36. The fraction of sp³-hybridized carbons (Fsp3) is 0.625. The zero-order valence-electron chi connectivity index (χ0n) is 8.47. The van der Waals surface area contributed by atoms with Crippen LogP contribution in [-0.2, 0) is 13.6 Å². The summed E-state index contributed by atoms with van der Waals surface area (Å²) in [6.45, 7) is 0.296. The average molecular weight is 217 g/mol. The summed E-state index contributed by atoms with van der Waals surface area (Å²) in [5, 5.41) is 8.48. The van der Waals surface area contributed by atoms with Crippen LogP contribution in [0.2, 0.25) is 0 Å². The molecule has 0 saturated carbocycles. The molecule has 1 atom stereocenters. The minimum absolute atomic E-state index is 0.264. The van der Waals surface area contributed by atoms with Crippen LogP contribution in [0.15, 0.2) is 9.59 Å². The van der Waals surface area contributed by atoms with E-state index in [-0.39, 0.29) is 5.82 Å². The van der Waals surface area contributed by atoms with E-state index >= 15 is 0 Å². The second-order valence-electron chi connectivity index (χ2n) is 3.17. The van der Waals surface area contributed by atoms with Gasteiger partial charge in [-0.3, -0.25) is 4.57 Å². The highest BCUT2D eigenvalue weighted by atomic mass is 19.1. The van der Waals surface area contributed by atoms with Crippen molar-refractivity contribution in [3.05, 3.63) is 26.8 Å². The molecular weight excluding hydrogens is 205 g/mol. The van der Waals surface area contributed by atoms with E-state index in [1.165, 1.54) is 14.0 Å². The van der Waals surface area contributed by atoms with Crippen LogP contribution in [0.4, 0.5) is 4.39 Å². The van der Waals surface area contributed by atoms with E-state index in [0.29, 0.717) is 4.57 Å². The maximum absolute atomic E-state index is 12.8. The van der Waals surface area contributed by atoms with E-state index in [9.17, 15) is 14.0 Å². The summed E-state index contributed by atoms with van der Waals surface area (Å²) >= 11 is 0. The molecule has 0 saturated heterocycles. The molecule has 15 heavy (non-hydrogen) atoms. The number of alkyl halides is 1. The number of halogens is 1. The normalized spacial score (nSPS) is 12.8. The Morgan fingerprint density at radius 3 is 2.67 bits per heavy atom. The molecule has 0 fully saturated rings. The van der Waals surface area contributed by atoms with E-state index in [0.717, 1.165) is 4.57 Å². The molecule has 1 N–H and O–H groups in total. The molecule has 1 aromatic rings. The van der Waals surface area contributed by atoms with Gasteiger partial charge in [-0.1, -0.05) is 0 Å². The summed E-state index contributed by atoms with van der Waals surface area (Å²) in [6.07, 6.45) is -1.64. The van der Waals surface area contributed by atoms with Gasteiger partial charge in [-0.25, -0.2) is 18.5 Å². The molecule has 1 rings (SSSR count). The highest BCUT2D eigenvalue weighted by molar-refractivity contribution is 4.84. The van der Waals surface area contributed by atoms with E-state index in [1.807, 2.05) is 0 Å². The summed E-state index contributed by atoms with van der Waals surface area (Å²) in [5.41, 5.74) is -1.43. The number of aromatic nitrogens is 3. The van der Waals surface area contributed by atoms with Crippen LogP contribution in [0.3, 0.4) is 0 Å². The predicted molar refractivity (Wildman–Crippen MR) is 50.5 cm³/mol. The maximum Gasteiger partial charge on any atom is 0.353 e. The molecular formula is C8H12FN3O3. The lowest BCUT2D eigenvalue weighted by atomic mass is 10.4. The molecule has 1 aromatic heterocycles. The lowest BCUT2D eigenvalue weighted by molar-refractivity contribution is 0.158. The lowest BCUT2D eigenvalue weighted by Gasteiger charge is -2.09. The van der Waals surface area contributed by atoms with E-state index < -0.39 is 30.7 Å². The molecule has 0 unspecified atom stereocenters. The summed E-state index contributed by atoms with van der Waals surface area (Å²) in [7, 11) is 1.44. The van der Waals surface area contributed by atoms with Crippen LogP contribution < -0.4 is 11.4 Å². The lowest BCUT2D eigenvalue weighted by Crippen LogP contribution is -2.43. The van der Waals surface area contributed by atoms with Crippen molar-refractivity contribution >= 4 is 0 Å². The van der Waals surface area contributed by atoms with Crippen LogP contribution in [0.25, 0.3) is 0 Å². The number of hydrogen-bond donors (Lipinski definition) is 1. The van der Waals surface area contributed by atoms with Crippen molar-refractivity contribution in [2.24, 2.45) is 7.05 Å². The third-order valence-corrected chi connectivity index (χ3v) is 2.07. The Morgan fingerprint density at radius 1 is 1.53 bits per heavy atom. The van der Waals surface area contributed by atoms with Gasteiger partial charge in [-0.2, -0.15) is 4.98 Å². The molecule has 0 spiro atoms. The summed E-state index contributed by atoms with van der Waals surface area (Å²) in [6, 6.07) is 0. The Labute approximate surface area is 84.6 Å². The first-order valence-corrected chi connectivity index (χ1v) is 4.36. The number of aliphatic hydroxyl groups is 1. The third kappa shape index (κ3) is 2.30. The molecule has 1 heterocycles. The minimum Gasteiger partial charge on any atom is -0.393 e. The molecule has 0 aliphatic rings. The Bertz CT molecular complexity index is 465. The molecule has 0 aliphatic heterocycles. The van der Waals surface area contributed by atoms with E-state index in [1.54, 1.807) is 0 Å². The maximum atomic E-state index is 12.8. The first-order chi connectivity index (χ1) is 6.97. The largest absolute Gasteiger partial charge is 0.393 e. The fourth-order valence-corrected chi connectivity index (χ4v) is 1.09. The predicted octanol–water partition coefficient (Wildman–Crippen LogP) is -1.42. The molecule has 0 aromatic carbocycles. The zero-order chi connectivity index (χ0) is 11.6. The Morgan fingerprint density at radius 2 is 2.13 bits per heavy atom. The van der Waals surface area contributed by atoms with E-state index in [4.69, 9.17) is 5.11 Å². The van der Waals surface area contributed by atoms with Gasteiger partial charge in [-0.15, -0.1) is 0 Å². The van der Waals surface area contributed by atoms with Crippen molar-refractivity contribution in [1.82, 2.24) is 14.1 Å². The van der Waals surface area contributed by atoms with Gasteiger partial charge in [0.05, 0.1) is 13.2 Å². The van der Waals surface area contributed by atoms with Crippen molar-refractivity contribution in [2.75, 3.05) is 6.61 Å². The van der Waals surface area contributed by atoms with Crippen molar-refractivity contribution in [1.29, 1.82) is 0 Å². The summed E-state index contributed by atoms with van der Waals surface area (Å²) in [5.74, 6) is 0.264. The Kier molecular flexibility index (Phi) is 3.35. The van der Waals surface area contributed by atoms with Gasteiger partial charge < -0.3 is 5.11 Å². The molecule has 7 heteroatoms. The van der Waals surface area contributed by atoms with Gasteiger partial charge in [0.1, 0.15) is 12.0 Å². The van der Waals surface area contributed by atoms with Crippen molar-refractivity contribution in [3.63, 3.8) is 0 Å². The molecule has 0 bridgehead atoms. The Balaban J connectivity index is 3.25. The number of hydrogen-bond acceptors (Lipinski definition) is 4. The molecule has 0 amide bonds. The van der Waals surface area contributed by atoms with Crippen molar-refractivity contribution in [3.8, 4) is 0 Å². The van der Waals surface area contributed by atoms with Gasteiger partial charge in [0.15, 0.2) is 0 Å². The van der Waals surface area contributed by atoms with Crippen LogP contribution in [0.5, 0.6) is 0 Å². The SMILES string of the molecule is Cc1nc(=O)n(C[C@@H](F)CO)c(=O)n1C. The van der Waals surface area contributed by atoms with Gasteiger partial charge in [0, 0.05) is 7.05 Å². The highest BCUT2D eigenvalue weighted by Gasteiger charge is 2.12. The molecule has 84 valence electrons. The topological polar surface area (TPSA) is 77.1 Å². The smallest absolute Gasteiger partial charge is 0.353 e. The quantitative estimate of drug-likeness (QED) is 0.674. The second kappa shape index (κ2) is 4.35. The second-order valence-corrected chi connectivity index (χ2v) is 3.17. The zero-order valence-corrected chi connectivity index (χ0v) is 8.47. The monoisotopic (exact) mass is 217 g/mol. The number of rotatable bonds is 3. The van der Waals surface area contributed by atoms with Crippen LogP contribution >= 0.6 is 0 Å². The summed E-state index contributed by atoms with van der Waals surface area (Å²) < 4.78 is 14.6. The van der Waals surface area contributed by atoms with Crippen LogP contribution in [0, 0.1) is 6.92 Å². The average Bonchev–Trinajstić information content (AvgIpc) is 2.21. The summed E-state index contributed by atoms with van der Waals surface area (Å²) in [4.78, 5) is 26.3. The Hall–Kier alpha value is -1.50. The molecule has 6 nitrogen and oxygen atoms in total. The van der Waals surface area contributed by atoms with Gasteiger partial charge in [0.2, 0.25) is 0 Å². The van der Waals surface area contributed by atoms with Crippen LogP contribution in [-0.4, -0.2) is 32.0 Å². The first kappa shape index (κ1) is 11.6. The third-order valence-electron chi connectivity index (χ3n) is 2.07. The van der Waals surface area contributed by atoms with Gasteiger partial charge in [-0.05, 0) is 6.92 Å². The van der Waals surface area contributed by atoms with Crippen molar-refractivity contribution in [2.45, 2.75) is 19.6 Å².